The molecule has 0 saturated carbocycles. The number of nitrogens with one attached hydrogen (secondary N) is 1. The quantitative estimate of drug-likeness (QED) is 0.558. The van der Waals surface area contributed by atoms with Crippen LogP contribution in [0.25, 0.3) is 23.0 Å². The Bertz CT molecular complexity index is 1200. The summed E-state index contributed by atoms with van der Waals surface area (Å²) < 4.78 is 6.30. The first-order chi connectivity index (χ1) is 14.1. The number of aromatic nitrogens is 5. The minimum Gasteiger partial charge on any atom is -0.332 e. The molecule has 0 saturated heterocycles. The van der Waals surface area contributed by atoms with Crippen LogP contribution in [0.1, 0.15) is 5.56 Å². The van der Waals surface area contributed by atoms with E-state index in [4.69, 9.17) is 4.52 Å². The molecule has 1 N–H and O–H groups in total. The lowest BCUT2D eigenvalue weighted by atomic mass is 10.2. The lowest BCUT2D eigenvalue weighted by molar-refractivity contribution is -0.117. The molecule has 4 aromatic rings. The Kier molecular flexibility index (Phi) is 4.93. The highest BCUT2D eigenvalue weighted by Crippen LogP contribution is 2.19. The Morgan fingerprint density at radius 3 is 2.59 bits per heavy atom. The number of aryl methyl sites for hydroxylation is 1. The first-order valence-corrected chi connectivity index (χ1v) is 8.78. The number of carbonyl (C=O) groups is 1. The van der Waals surface area contributed by atoms with Crippen molar-refractivity contribution in [3.8, 4) is 23.0 Å². The highest BCUT2D eigenvalue weighted by atomic mass is 16.5. The molecule has 29 heavy (non-hydrogen) atoms. The number of hydrogen-bond acceptors (Lipinski definition) is 7. The number of benzene rings is 1. The third-order valence-electron chi connectivity index (χ3n) is 4.08. The Hall–Kier alpha value is -4.14. The molecule has 0 bridgehead atoms. The van der Waals surface area contributed by atoms with Gasteiger partial charge in [0.2, 0.25) is 11.7 Å². The maximum absolute atomic E-state index is 12.3. The molecule has 1 aromatic carbocycles. The number of carbonyl (C=O) groups excluding carboxylic acids is 1. The summed E-state index contributed by atoms with van der Waals surface area (Å²) in [5.74, 6) is 0.146. The van der Waals surface area contributed by atoms with Crippen LogP contribution in [0.15, 0.2) is 70.2 Å². The van der Waals surface area contributed by atoms with E-state index in [9.17, 15) is 9.59 Å². The summed E-state index contributed by atoms with van der Waals surface area (Å²) in [6, 6.07) is 13.6. The first kappa shape index (κ1) is 18.2. The minimum atomic E-state index is -0.415. The second-order valence-corrected chi connectivity index (χ2v) is 6.29. The van der Waals surface area contributed by atoms with Gasteiger partial charge in [-0.3, -0.25) is 14.6 Å². The second kappa shape index (κ2) is 7.85. The Morgan fingerprint density at radius 1 is 1.07 bits per heavy atom. The third-order valence-corrected chi connectivity index (χ3v) is 4.08. The molecular weight excluding hydrogens is 372 g/mol. The van der Waals surface area contributed by atoms with Crippen molar-refractivity contribution < 1.29 is 9.32 Å². The number of rotatable bonds is 5. The fourth-order valence-electron chi connectivity index (χ4n) is 2.60. The van der Waals surface area contributed by atoms with E-state index in [-0.39, 0.29) is 18.3 Å². The molecule has 0 unspecified atom stereocenters. The molecule has 0 radical (unpaired) electrons. The van der Waals surface area contributed by atoms with E-state index in [1.807, 2.05) is 19.1 Å². The number of pyridine rings is 1. The van der Waals surface area contributed by atoms with Gasteiger partial charge in [-0.2, -0.15) is 10.1 Å². The van der Waals surface area contributed by atoms with Gasteiger partial charge in [-0.15, -0.1) is 0 Å². The molecule has 1 amide bonds. The van der Waals surface area contributed by atoms with Crippen molar-refractivity contribution in [2.75, 3.05) is 5.32 Å². The Balaban J connectivity index is 1.53. The zero-order chi connectivity index (χ0) is 20.2. The summed E-state index contributed by atoms with van der Waals surface area (Å²) in [5.41, 5.74) is 2.34. The fourth-order valence-corrected chi connectivity index (χ4v) is 2.60. The maximum atomic E-state index is 12.3. The van der Waals surface area contributed by atoms with Gasteiger partial charge < -0.3 is 9.84 Å². The molecule has 4 rings (SSSR count). The van der Waals surface area contributed by atoms with Gasteiger partial charge in [-0.1, -0.05) is 22.9 Å². The van der Waals surface area contributed by atoms with Crippen LogP contribution in [-0.4, -0.2) is 30.8 Å². The number of amides is 1. The molecule has 0 aliphatic carbocycles. The monoisotopic (exact) mass is 388 g/mol. The van der Waals surface area contributed by atoms with Crippen LogP contribution in [0.5, 0.6) is 0 Å². The number of hydrogen-bond donors (Lipinski definition) is 1. The standard InChI is InChI=1S/C20H16N6O3/c1-13-2-4-15(5-3-13)22-17(27)12-26-18(28)7-6-16(24-26)20-23-19(25-29-20)14-8-10-21-11-9-14/h2-11H,12H2,1H3,(H,22,27). The largest absolute Gasteiger partial charge is 0.332 e. The van der Waals surface area contributed by atoms with Crippen molar-refractivity contribution in [2.24, 2.45) is 0 Å². The molecule has 9 nitrogen and oxygen atoms in total. The highest BCUT2D eigenvalue weighted by Gasteiger charge is 2.14. The zero-order valence-corrected chi connectivity index (χ0v) is 15.4. The van der Waals surface area contributed by atoms with E-state index < -0.39 is 5.56 Å². The molecular formula is C20H16N6O3. The average Bonchev–Trinajstić information content (AvgIpc) is 3.22. The van der Waals surface area contributed by atoms with Crippen LogP contribution >= 0.6 is 0 Å². The predicted molar refractivity (Wildman–Crippen MR) is 105 cm³/mol. The molecule has 3 aromatic heterocycles. The molecule has 3 heterocycles. The molecule has 0 spiro atoms. The van der Waals surface area contributed by atoms with E-state index >= 15 is 0 Å². The van der Waals surface area contributed by atoms with E-state index in [1.165, 1.54) is 12.1 Å². The summed E-state index contributed by atoms with van der Waals surface area (Å²) in [6.45, 7) is 1.71. The topological polar surface area (TPSA) is 116 Å². The van der Waals surface area contributed by atoms with Crippen molar-refractivity contribution in [1.29, 1.82) is 0 Å². The number of anilines is 1. The SMILES string of the molecule is Cc1ccc(NC(=O)Cn2nc(-c3nc(-c4ccncc4)no3)ccc2=O)cc1. The van der Waals surface area contributed by atoms with Crippen LogP contribution in [0.4, 0.5) is 5.69 Å². The summed E-state index contributed by atoms with van der Waals surface area (Å²) in [5, 5.41) is 10.8. The highest BCUT2D eigenvalue weighted by molar-refractivity contribution is 5.90. The van der Waals surface area contributed by atoms with E-state index in [0.29, 0.717) is 17.2 Å². The van der Waals surface area contributed by atoms with Gasteiger partial charge in [0.25, 0.3) is 11.4 Å². The summed E-state index contributed by atoms with van der Waals surface area (Å²) >= 11 is 0. The zero-order valence-electron chi connectivity index (χ0n) is 15.4. The molecule has 9 heteroatoms. The molecule has 0 aliphatic rings. The Morgan fingerprint density at radius 2 is 1.83 bits per heavy atom. The van der Waals surface area contributed by atoms with Gasteiger partial charge in [0.1, 0.15) is 12.2 Å². The van der Waals surface area contributed by atoms with Gasteiger partial charge in [0.05, 0.1) is 0 Å². The van der Waals surface area contributed by atoms with Crippen molar-refractivity contribution in [2.45, 2.75) is 13.5 Å². The maximum Gasteiger partial charge on any atom is 0.278 e. The Labute approximate surface area is 165 Å². The average molecular weight is 388 g/mol. The van der Waals surface area contributed by atoms with Gasteiger partial charge in [-0.05, 0) is 37.3 Å². The smallest absolute Gasteiger partial charge is 0.278 e. The molecule has 0 fully saturated rings. The lowest BCUT2D eigenvalue weighted by Crippen LogP contribution is -2.29. The lowest BCUT2D eigenvalue weighted by Gasteiger charge is -2.07. The van der Waals surface area contributed by atoms with Gasteiger partial charge in [0.15, 0.2) is 0 Å². The number of nitrogens with zero attached hydrogens (tertiary/aromatic N) is 5. The van der Waals surface area contributed by atoms with Crippen LogP contribution in [0, 0.1) is 6.92 Å². The van der Waals surface area contributed by atoms with Crippen LogP contribution in [0.2, 0.25) is 0 Å². The van der Waals surface area contributed by atoms with Crippen molar-refractivity contribution in [3.05, 3.63) is 76.8 Å². The van der Waals surface area contributed by atoms with Crippen LogP contribution in [0.3, 0.4) is 0 Å². The summed E-state index contributed by atoms with van der Waals surface area (Å²) in [4.78, 5) is 32.6. The molecule has 0 aliphatic heterocycles. The van der Waals surface area contributed by atoms with E-state index in [0.717, 1.165) is 15.8 Å². The van der Waals surface area contributed by atoms with E-state index in [1.54, 1.807) is 36.7 Å². The normalized spacial score (nSPS) is 10.7. The van der Waals surface area contributed by atoms with Gasteiger partial charge in [-0.25, -0.2) is 4.68 Å². The second-order valence-electron chi connectivity index (χ2n) is 6.29. The predicted octanol–water partition coefficient (Wildman–Crippen LogP) is 2.30. The third kappa shape index (κ3) is 4.24. The van der Waals surface area contributed by atoms with Crippen molar-refractivity contribution >= 4 is 11.6 Å². The minimum absolute atomic E-state index is 0.143. The van der Waals surface area contributed by atoms with Gasteiger partial charge >= 0.3 is 0 Å². The van der Waals surface area contributed by atoms with Crippen LogP contribution in [-0.2, 0) is 11.3 Å². The summed E-state index contributed by atoms with van der Waals surface area (Å²) in [6.07, 6.45) is 3.24. The molecule has 144 valence electrons. The molecule has 0 atom stereocenters. The van der Waals surface area contributed by atoms with Crippen molar-refractivity contribution in [3.63, 3.8) is 0 Å². The first-order valence-electron chi connectivity index (χ1n) is 8.78. The van der Waals surface area contributed by atoms with Gasteiger partial charge in [0, 0.05) is 29.7 Å². The van der Waals surface area contributed by atoms with Crippen LogP contribution < -0.4 is 10.9 Å². The van der Waals surface area contributed by atoms with E-state index in [2.05, 4.69) is 25.5 Å². The summed E-state index contributed by atoms with van der Waals surface area (Å²) in [7, 11) is 0. The van der Waals surface area contributed by atoms with Crippen molar-refractivity contribution in [1.82, 2.24) is 24.9 Å². The fraction of sp³-hybridized carbons (Fsp3) is 0.100.